The van der Waals surface area contributed by atoms with Gasteiger partial charge in [0.05, 0.1) is 6.04 Å². The summed E-state index contributed by atoms with van der Waals surface area (Å²) in [4.78, 5) is 4.52. The van der Waals surface area contributed by atoms with Gasteiger partial charge in [0, 0.05) is 6.54 Å². The van der Waals surface area contributed by atoms with Crippen molar-refractivity contribution in [1.29, 1.82) is 0 Å². The average Bonchev–Trinajstić information content (AvgIpc) is 2.94. The van der Waals surface area contributed by atoms with Gasteiger partial charge in [-0.25, -0.2) is 4.48 Å². The molecule has 1 fully saturated rings. The summed E-state index contributed by atoms with van der Waals surface area (Å²) >= 11 is 0. The molecule has 0 aromatic rings. The summed E-state index contributed by atoms with van der Waals surface area (Å²) in [6, 6.07) is 0.416. The van der Waals surface area contributed by atoms with Crippen molar-refractivity contribution in [2.24, 2.45) is 10.7 Å². The van der Waals surface area contributed by atoms with Crippen molar-refractivity contribution in [1.82, 2.24) is 10.6 Å². The number of quaternary nitrogens is 1. The molecule has 5 nitrogen and oxygen atoms in total. The summed E-state index contributed by atoms with van der Waals surface area (Å²) in [6.07, 6.45) is 4.17. The first-order valence-electron chi connectivity index (χ1n) is 5.15. The Kier molecular flexibility index (Phi) is 1.60. The van der Waals surface area contributed by atoms with Crippen LogP contribution in [0.2, 0.25) is 0 Å². The summed E-state index contributed by atoms with van der Waals surface area (Å²) in [6.45, 7) is 4.32. The minimum atomic E-state index is 0.123. The van der Waals surface area contributed by atoms with Crippen LogP contribution in [-0.2, 0) is 0 Å². The van der Waals surface area contributed by atoms with Crippen LogP contribution in [0.1, 0.15) is 0 Å². The molecule has 3 aliphatic heterocycles. The summed E-state index contributed by atoms with van der Waals surface area (Å²) in [5, 5.41) is 6.73. The maximum Gasteiger partial charge on any atom is 0.297 e. The van der Waals surface area contributed by atoms with Crippen LogP contribution in [0.25, 0.3) is 0 Å². The number of aliphatic imine (C=N–C) groups is 1. The first-order chi connectivity index (χ1) is 6.80. The molecule has 0 aliphatic carbocycles. The third-order valence-corrected chi connectivity index (χ3v) is 3.33. The van der Waals surface area contributed by atoms with Gasteiger partial charge in [-0.1, -0.05) is 6.08 Å². The van der Waals surface area contributed by atoms with Gasteiger partial charge in [-0.3, -0.25) is 0 Å². The second kappa shape index (κ2) is 2.71. The van der Waals surface area contributed by atoms with Crippen LogP contribution in [-0.4, -0.2) is 48.8 Å². The highest BCUT2D eigenvalue weighted by Crippen LogP contribution is 2.26. The third kappa shape index (κ3) is 1.13. The number of rotatable bonds is 0. The van der Waals surface area contributed by atoms with Gasteiger partial charge < -0.3 is 16.4 Å². The van der Waals surface area contributed by atoms with Gasteiger partial charge in [0.25, 0.3) is 5.96 Å². The molecule has 3 heterocycles. The number of guanidine groups is 1. The van der Waals surface area contributed by atoms with Crippen LogP contribution in [0.5, 0.6) is 0 Å². The van der Waals surface area contributed by atoms with Gasteiger partial charge in [0.2, 0.25) is 0 Å². The molecule has 0 amide bonds. The molecule has 0 radical (unpaired) electrons. The normalized spacial score (nSPS) is 38.1. The van der Waals surface area contributed by atoms with E-state index in [1.165, 1.54) is 0 Å². The van der Waals surface area contributed by atoms with Gasteiger partial charge in [-0.05, 0) is 6.20 Å². The van der Waals surface area contributed by atoms with Gasteiger partial charge in [-0.15, -0.1) is 0 Å². The first-order valence-corrected chi connectivity index (χ1v) is 5.15. The van der Waals surface area contributed by atoms with Crippen LogP contribution in [0, 0.1) is 0 Å². The monoisotopic (exact) mass is 194 g/mol. The van der Waals surface area contributed by atoms with Crippen LogP contribution in [0.4, 0.5) is 0 Å². The molecule has 76 valence electrons. The molecule has 0 aromatic heterocycles. The summed E-state index contributed by atoms with van der Waals surface area (Å²) in [7, 11) is 0. The lowest BCUT2D eigenvalue weighted by Crippen LogP contribution is -2.59. The molecular formula is C9H16N5+. The molecule has 14 heavy (non-hydrogen) atoms. The Bertz CT molecular complexity index is 304. The summed E-state index contributed by atoms with van der Waals surface area (Å²) in [5.41, 5.74) is 5.96. The fourth-order valence-corrected chi connectivity index (χ4v) is 2.23. The Morgan fingerprint density at radius 2 is 2.36 bits per heavy atom. The molecule has 2 unspecified atom stereocenters. The van der Waals surface area contributed by atoms with Crippen molar-refractivity contribution in [2.75, 3.05) is 26.2 Å². The van der Waals surface area contributed by atoms with Gasteiger partial charge in [0.15, 0.2) is 0 Å². The Balaban J connectivity index is 1.87. The Labute approximate surface area is 83.3 Å². The SMILES string of the molecule is NC1=NC2NC=CCNC2C[N+]12CC2. The fourth-order valence-electron chi connectivity index (χ4n) is 2.23. The number of nitrogens with two attached hydrogens (primary N) is 1. The standard InChI is InChI=1S/C9H16N5/c10-9-13-8-7(6-14(9)4-5-14)11-2-1-3-12-8/h1,3,7-8,11-12H,2,4-6H2,(H2,10,13)/q+1. The van der Waals surface area contributed by atoms with E-state index in [9.17, 15) is 0 Å². The van der Waals surface area contributed by atoms with E-state index in [1.807, 2.05) is 6.20 Å². The highest BCUT2D eigenvalue weighted by Gasteiger charge is 2.52. The number of nitrogens with one attached hydrogen (secondary N) is 2. The summed E-state index contributed by atoms with van der Waals surface area (Å²) in [5.74, 6) is 0.802. The smallest absolute Gasteiger partial charge is 0.297 e. The average molecular weight is 194 g/mol. The van der Waals surface area contributed by atoms with Crippen molar-refractivity contribution < 1.29 is 4.48 Å². The molecule has 0 saturated carbocycles. The Hall–Kier alpha value is -1.07. The molecule has 3 aliphatic rings. The Morgan fingerprint density at radius 3 is 3.14 bits per heavy atom. The first kappa shape index (κ1) is 8.26. The van der Waals surface area contributed by atoms with Crippen molar-refractivity contribution in [3.63, 3.8) is 0 Å². The van der Waals surface area contributed by atoms with Gasteiger partial charge >= 0.3 is 0 Å². The van der Waals surface area contributed by atoms with E-state index in [0.717, 1.165) is 36.6 Å². The van der Waals surface area contributed by atoms with E-state index in [1.54, 1.807) is 0 Å². The lowest BCUT2D eigenvalue weighted by molar-refractivity contribution is -0.707. The number of hydrogen-bond donors (Lipinski definition) is 3. The minimum absolute atomic E-state index is 0.123. The molecule has 1 spiro atoms. The number of hydrogen-bond acceptors (Lipinski definition) is 4. The third-order valence-electron chi connectivity index (χ3n) is 3.33. The molecule has 0 bridgehead atoms. The van der Waals surface area contributed by atoms with E-state index in [-0.39, 0.29) is 6.17 Å². The van der Waals surface area contributed by atoms with Crippen molar-refractivity contribution in [3.05, 3.63) is 12.3 Å². The zero-order chi connectivity index (χ0) is 9.60. The molecule has 0 aromatic carbocycles. The van der Waals surface area contributed by atoms with E-state index in [2.05, 4.69) is 21.7 Å². The second-order valence-electron chi connectivity index (χ2n) is 4.29. The largest absolute Gasteiger partial charge is 0.368 e. The lowest BCUT2D eigenvalue weighted by Gasteiger charge is -2.32. The highest BCUT2D eigenvalue weighted by atomic mass is 15.6. The van der Waals surface area contributed by atoms with Crippen LogP contribution in [0.15, 0.2) is 17.3 Å². The Morgan fingerprint density at radius 1 is 1.50 bits per heavy atom. The minimum Gasteiger partial charge on any atom is -0.368 e. The number of fused-ring (bicyclic) bond motifs is 1. The van der Waals surface area contributed by atoms with Gasteiger partial charge in [-0.2, -0.15) is 4.99 Å². The molecule has 2 atom stereocenters. The fraction of sp³-hybridized carbons (Fsp3) is 0.667. The van der Waals surface area contributed by atoms with Gasteiger partial charge in [0.1, 0.15) is 25.8 Å². The van der Waals surface area contributed by atoms with Crippen molar-refractivity contribution in [2.45, 2.75) is 12.2 Å². The molecule has 3 rings (SSSR count). The quantitative estimate of drug-likeness (QED) is 0.326. The van der Waals surface area contributed by atoms with Crippen LogP contribution in [0.3, 0.4) is 0 Å². The zero-order valence-corrected chi connectivity index (χ0v) is 8.11. The van der Waals surface area contributed by atoms with E-state index < -0.39 is 0 Å². The highest BCUT2D eigenvalue weighted by molar-refractivity contribution is 5.73. The summed E-state index contributed by atoms with van der Waals surface area (Å²) < 4.78 is 0.913. The van der Waals surface area contributed by atoms with Crippen molar-refractivity contribution >= 4 is 5.96 Å². The van der Waals surface area contributed by atoms with Crippen molar-refractivity contribution in [3.8, 4) is 0 Å². The predicted octanol–water partition coefficient (Wildman–Crippen LogP) is -1.45. The predicted molar refractivity (Wildman–Crippen MR) is 54.3 cm³/mol. The van der Waals surface area contributed by atoms with Crippen LogP contribution >= 0.6 is 0 Å². The maximum absolute atomic E-state index is 5.96. The molecule has 5 heteroatoms. The lowest BCUT2D eigenvalue weighted by atomic mass is 10.2. The van der Waals surface area contributed by atoms with E-state index >= 15 is 0 Å². The molecule has 1 saturated heterocycles. The maximum atomic E-state index is 5.96. The van der Waals surface area contributed by atoms with E-state index in [0.29, 0.717) is 6.04 Å². The topological polar surface area (TPSA) is 62.4 Å². The molecular weight excluding hydrogens is 178 g/mol. The van der Waals surface area contributed by atoms with Crippen LogP contribution < -0.4 is 16.4 Å². The van der Waals surface area contributed by atoms with E-state index in [4.69, 9.17) is 5.73 Å². The number of nitrogens with zero attached hydrogens (tertiary/aromatic N) is 2. The molecule has 4 N–H and O–H groups in total. The second-order valence-corrected chi connectivity index (χ2v) is 4.29. The zero-order valence-electron chi connectivity index (χ0n) is 8.11.